The van der Waals surface area contributed by atoms with Crippen LogP contribution in [0.3, 0.4) is 0 Å². The number of rotatable bonds is 5. The van der Waals surface area contributed by atoms with Crippen molar-refractivity contribution in [3.05, 3.63) is 53.6 Å². The van der Waals surface area contributed by atoms with Gasteiger partial charge in [-0.25, -0.2) is 17.2 Å². The first-order valence-corrected chi connectivity index (χ1v) is 8.31. The lowest BCUT2D eigenvalue weighted by Crippen LogP contribution is -2.14. The highest BCUT2D eigenvalue weighted by atomic mass is 32.2. The van der Waals surface area contributed by atoms with Gasteiger partial charge in [-0.3, -0.25) is 4.72 Å². The molecule has 0 bridgehead atoms. The summed E-state index contributed by atoms with van der Waals surface area (Å²) in [5.74, 6) is -2.47. The minimum absolute atomic E-state index is 0.00397. The molecule has 0 spiro atoms. The van der Waals surface area contributed by atoms with Crippen molar-refractivity contribution in [3.63, 3.8) is 0 Å². The van der Waals surface area contributed by atoms with Gasteiger partial charge in [-0.05, 0) is 30.3 Å². The quantitative estimate of drug-likeness (QED) is 0.329. The van der Waals surface area contributed by atoms with E-state index in [1.54, 1.807) is 0 Å². The summed E-state index contributed by atoms with van der Waals surface area (Å²) < 4.78 is 57.0. The zero-order valence-electron chi connectivity index (χ0n) is 12.3. The van der Waals surface area contributed by atoms with E-state index in [2.05, 4.69) is 9.88 Å². The summed E-state index contributed by atoms with van der Waals surface area (Å²) in [5, 5.41) is 11.5. The van der Waals surface area contributed by atoms with Gasteiger partial charge in [0.05, 0.1) is 11.9 Å². The van der Waals surface area contributed by atoms with Crippen molar-refractivity contribution >= 4 is 21.5 Å². The number of halogens is 2. The van der Waals surface area contributed by atoms with Crippen molar-refractivity contribution in [1.29, 1.82) is 0 Å². The number of nitrogens with zero attached hydrogens (tertiary/aromatic N) is 1. The lowest BCUT2D eigenvalue weighted by Gasteiger charge is -2.14. The molecular weight excluding hydrogens is 344 g/mol. The van der Waals surface area contributed by atoms with E-state index in [0.29, 0.717) is 6.07 Å². The molecule has 0 aromatic heterocycles. The van der Waals surface area contributed by atoms with Crippen LogP contribution in [0.25, 0.3) is 0 Å². The first kappa shape index (κ1) is 17.5. The fraction of sp³-hybridized carbons (Fsp3) is 0.0714. The molecular formula is C14H13F2N3O4S. The molecule has 0 unspecified atom stereocenters. The third-order valence-electron chi connectivity index (χ3n) is 2.79. The number of oxime groups is 1. The standard InChI is InChI=1S/C14H13F2N3O4S/c1-24(21,22)19-11-4-2-8(14(17)18-20)6-13(11)23-12-5-3-9(15)7-10(12)16/h2-7,19-20H,1H3,(H2,17,18). The molecule has 0 aliphatic carbocycles. The predicted octanol–water partition coefficient (Wildman–Crippen LogP) is 2.22. The second-order valence-corrected chi connectivity index (χ2v) is 6.50. The van der Waals surface area contributed by atoms with Crippen LogP contribution in [0.1, 0.15) is 5.56 Å². The fourth-order valence-corrected chi connectivity index (χ4v) is 2.35. The topological polar surface area (TPSA) is 114 Å². The lowest BCUT2D eigenvalue weighted by molar-refractivity contribution is 0.318. The van der Waals surface area contributed by atoms with Crippen LogP contribution in [-0.4, -0.2) is 25.7 Å². The summed E-state index contributed by atoms with van der Waals surface area (Å²) in [4.78, 5) is 0. The molecule has 2 aromatic carbocycles. The Labute approximate surface area is 136 Å². The monoisotopic (exact) mass is 357 g/mol. The molecule has 0 amide bonds. The van der Waals surface area contributed by atoms with Gasteiger partial charge in [-0.1, -0.05) is 5.16 Å². The van der Waals surface area contributed by atoms with Crippen LogP contribution in [0.5, 0.6) is 11.5 Å². The number of anilines is 1. The molecule has 4 N–H and O–H groups in total. The maximum absolute atomic E-state index is 13.7. The maximum Gasteiger partial charge on any atom is 0.229 e. The third kappa shape index (κ3) is 4.32. The molecule has 24 heavy (non-hydrogen) atoms. The summed E-state index contributed by atoms with van der Waals surface area (Å²) >= 11 is 0. The van der Waals surface area contributed by atoms with Crippen molar-refractivity contribution in [2.75, 3.05) is 11.0 Å². The van der Waals surface area contributed by atoms with E-state index in [1.165, 1.54) is 18.2 Å². The summed E-state index contributed by atoms with van der Waals surface area (Å²) in [6, 6.07) is 6.56. The van der Waals surface area contributed by atoms with Crippen LogP contribution in [-0.2, 0) is 10.0 Å². The van der Waals surface area contributed by atoms with Crippen LogP contribution >= 0.6 is 0 Å². The number of ether oxygens (including phenoxy) is 1. The molecule has 0 aliphatic heterocycles. The largest absolute Gasteiger partial charge is 0.452 e. The summed E-state index contributed by atoms with van der Waals surface area (Å²) in [6.45, 7) is 0. The fourth-order valence-electron chi connectivity index (χ4n) is 1.78. The van der Waals surface area contributed by atoms with Gasteiger partial charge in [0.25, 0.3) is 0 Å². The number of hydrogen-bond acceptors (Lipinski definition) is 5. The van der Waals surface area contributed by atoms with Gasteiger partial charge < -0.3 is 15.7 Å². The van der Waals surface area contributed by atoms with Crippen LogP contribution < -0.4 is 15.2 Å². The van der Waals surface area contributed by atoms with Crippen LogP contribution in [0.2, 0.25) is 0 Å². The zero-order chi connectivity index (χ0) is 17.9. The van der Waals surface area contributed by atoms with Gasteiger partial charge in [-0.15, -0.1) is 0 Å². The number of benzene rings is 2. The second kappa shape index (κ2) is 6.71. The van der Waals surface area contributed by atoms with E-state index in [1.807, 2.05) is 0 Å². The number of nitrogens with one attached hydrogen (secondary N) is 1. The van der Waals surface area contributed by atoms with Crippen LogP contribution in [0.4, 0.5) is 14.5 Å². The Bertz CT molecular complexity index is 901. The van der Waals surface area contributed by atoms with Gasteiger partial charge in [-0.2, -0.15) is 0 Å². The minimum Gasteiger partial charge on any atom is -0.452 e. The molecule has 128 valence electrons. The minimum atomic E-state index is -3.64. The van der Waals surface area contributed by atoms with Gasteiger partial charge in [0.2, 0.25) is 10.0 Å². The van der Waals surface area contributed by atoms with E-state index in [9.17, 15) is 17.2 Å². The Morgan fingerprint density at radius 1 is 1.21 bits per heavy atom. The zero-order valence-corrected chi connectivity index (χ0v) is 13.1. The molecule has 0 radical (unpaired) electrons. The Kier molecular flexibility index (Phi) is 4.88. The Balaban J connectivity index is 2.50. The number of nitrogens with two attached hydrogens (primary N) is 1. The van der Waals surface area contributed by atoms with Gasteiger partial charge >= 0.3 is 0 Å². The average molecular weight is 357 g/mol. The highest BCUT2D eigenvalue weighted by molar-refractivity contribution is 7.92. The summed E-state index contributed by atoms with van der Waals surface area (Å²) in [5.41, 5.74) is 5.66. The predicted molar refractivity (Wildman–Crippen MR) is 83.9 cm³/mol. The van der Waals surface area contributed by atoms with E-state index in [-0.39, 0.29) is 28.6 Å². The lowest BCUT2D eigenvalue weighted by atomic mass is 10.1. The Morgan fingerprint density at radius 2 is 1.92 bits per heavy atom. The molecule has 0 heterocycles. The molecule has 0 saturated heterocycles. The average Bonchev–Trinajstić information content (AvgIpc) is 2.49. The third-order valence-corrected chi connectivity index (χ3v) is 3.39. The molecule has 7 nitrogen and oxygen atoms in total. The van der Waals surface area contributed by atoms with Crippen molar-refractivity contribution in [2.45, 2.75) is 0 Å². The van der Waals surface area contributed by atoms with Crippen molar-refractivity contribution in [2.24, 2.45) is 10.9 Å². The SMILES string of the molecule is CS(=O)(=O)Nc1ccc(C(N)=NO)cc1Oc1ccc(F)cc1F. The molecule has 0 atom stereocenters. The second-order valence-electron chi connectivity index (χ2n) is 4.75. The van der Waals surface area contributed by atoms with Crippen molar-refractivity contribution < 1.29 is 27.1 Å². The Hall–Kier alpha value is -2.88. The molecule has 2 aromatic rings. The number of amidine groups is 1. The highest BCUT2D eigenvalue weighted by Crippen LogP contribution is 2.32. The van der Waals surface area contributed by atoms with Gasteiger partial charge in [0, 0.05) is 11.6 Å². The van der Waals surface area contributed by atoms with Gasteiger partial charge in [0.1, 0.15) is 5.82 Å². The van der Waals surface area contributed by atoms with E-state index < -0.39 is 21.7 Å². The molecule has 10 heteroatoms. The van der Waals surface area contributed by atoms with E-state index in [0.717, 1.165) is 18.4 Å². The molecule has 0 aliphatic rings. The highest BCUT2D eigenvalue weighted by Gasteiger charge is 2.14. The Morgan fingerprint density at radius 3 is 2.50 bits per heavy atom. The molecule has 0 fully saturated rings. The van der Waals surface area contributed by atoms with Crippen LogP contribution in [0, 0.1) is 11.6 Å². The number of sulfonamides is 1. The van der Waals surface area contributed by atoms with E-state index >= 15 is 0 Å². The van der Waals surface area contributed by atoms with Gasteiger partial charge in [0.15, 0.2) is 23.2 Å². The van der Waals surface area contributed by atoms with E-state index in [4.69, 9.17) is 15.7 Å². The number of hydrogen-bond donors (Lipinski definition) is 3. The van der Waals surface area contributed by atoms with Crippen molar-refractivity contribution in [3.8, 4) is 11.5 Å². The summed E-state index contributed by atoms with van der Waals surface area (Å²) in [7, 11) is -3.64. The smallest absolute Gasteiger partial charge is 0.229 e. The van der Waals surface area contributed by atoms with Crippen molar-refractivity contribution in [1.82, 2.24) is 0 Å². The molecule has 0 saturated carbocycles. The summed E-state index contributed by atoms with van der Waals surface area (Å²) in [6.07, 6.45) is 0.923. The maximum atomic E-state index is 13.7. The molecule has 2 rings (SSSR count). The first-order valence-electron chi connectivity index (χ1n) is 6.42. The normalized spacial score (nSPS) is 12.0. The first-order chi connectivity index (χ1) is 11.2. The van der Waals surface area contributed by atoms with Crippen LogP contribution in [0.15, 0.2) is 41.6 Å².